The lowest BCUT2D eigenvalue weighted by Gasteiger charge is -2.12. The van der Waals surface area contributed by atoms with Crippen LogP contribution in [0.3, 0.4) is 0 Å². The first-order valence-corrected chi connectivity index (χ1v) is 5.92. The summed E-state index contributed by atoms with van der Waals surface area (Å²) in [5.74, 6) is -1.96. The molecule has 6 heteroatoms. The van der Waals surface area contributed by atoms with Gasteiger partial charge in [-0.05, 0) is 43.5 Å². The second-order valence-electron chi connectivity index (χ2n) is 4.54. The van der Waals surface area contributed by atoms with Crippen molar-refractivity contribution in [3.63, 3.8) is 0 Å². The second kappa shape index (κ2) is 5.36. The third-order valence-corrected chi connectivity index (χ3v) is 2.90. The van der Waals surface area contributed by atoms with Crippen LogP contribution in [0.5, 0.6) is 0 Å². The van der Waals surface area contributed by atoms with E-state index in [1.807, 2.05) is 0 Å². The Hall–Kier alpha value is -1.95. The zero-order valence-corrected chi connectivity index (χ0v) is 10.4. The molecule has 0 radical (unpaired) electrons. The van der Waals surface area contributed by atoms with Gasteiger partial charge in [0.2, 0.25) is 0 Å². The number of nitrogens with one attached hydrogen (secondary N) is 1. The molecule has 0 aromatic heterocycles. The van der Waals surface area contributed by atoms with Crippen molar-refractivity contribution in [3.8, 4) is 0 Å². The number of carboxylic acid groups (broad SMARTS) is 1. The van der Waals surface area contributed by atoms with Gasteiger partial charge < -0.3 is 15.2 Å². The van der Waals surface area contributed by atoms with Crippen LogP contribution in [0, 0.1) is 12.7 Å². The molecule has 1 saturated heterocycles. The summed E-state index contributed by atoms with van der Waals surface area (Å²) in [5, 5.41) is 11.3. The van der Waals surface area contributed by atoms with Gasteiger partial charge in [0.05, 0.1) is 0 Å². The molecule has 0 aliphatic carbocycles. The maximum atomic E-state index is 13.2. The number of halogens is 1. The first kappa shape index (κ1) is 13.5. The number of benzene rings is 1. The number of anilines is 1. The van der Waals surface area contributed by atoms with E-state index in [1.54, 1.807) is 13.0 Å². The van der Waals surface area contributed by atoms with Crippen LogP contribution in [0.25, 0.3) is 0 Å². The van der Waals surface area contributed by atoms with Gasteiger partial charge in [-0.1, -0.05) is 0 Å². The molecule has 1 heterocycles. The van der Waals surface area contributed by atoms with Crippen LogP contribution in [-0.4, -0.2) is 29.2 Å². The molecule has 1 fully saturated rings. The number of carbonyl (C=O) groups is 2. The van der Waals surface area contributed by atoms with E-state index < -0.39 is 29.9 Å². The maximum absolute atomic E-state index is 13.2. The van der Waals surface area contributed by atoms with Crippen LogP contribution in [0.2, 0.25) is 0 Å². The lowest BCUT2D eigenvalue weighted by molar-refractivity contribution is -0.150. The van der Waals surface area contributed by atoms with Crippen molar-refractivity contribution in [1.29, 1.82) is 0 Å². The van der Waals surface area contributed by atoms with Gasteiger partial charge in [-0.25, -0.2) is 9.18 Å². The van der Waals surface area contributed by atoms with Crippen molar-refractivity contribution < 1.29 is 23.8 Å². The van der Waals surface area contributed by atoms with Crippen molar-refractivity contribution in [1.82, 2.24) is 0 Å². The number of ether oxygens (including phenoxy) is 1. The second-order valence-corrected chi connectivity index (χ2v) is 4.54. The van der Waals surface area contributed by atoms with Crippen molar-refractivity contribution in [2.75, 3.05) is 5.32 Å². The third kappa shape index (κ3) is 3.29. The molecule has 5 nitrogen and oxygen atoms in total. The van der Waals surface area contributed by atoms with Gasteiger partial charge >= 0.3 is 5.97 Å². The summed E-state index contributed by atoms with van der Waals surface area (Å²) >= 11 is 0. The van der Waals surface area contributed by atoms with E-state index >= 15 is 0 Å². The van der Waals surface area contributed by atoms with Crippen LogP contribution in [0.15, 0.2) is 18.2 Å². The molecule has 1 aromatic carbocycles. The standard InChI is InChI=1S/C13H14FNO4/c1-7-4-8(14)6-9(5-7)15-12(16)10-2-3-11(19-10)13(17)18/h4-6,10-11H,2-3H2,1H3,(H,15,16)(H,17,18). The Balaban J connectivity index is 2.00. The number of aryl methyl sites for hydroxylation is 1. The molecule has 1 aliphatic heterocycles. The molecule has 0 bridgehead atoms. The van der Waals surface area contributed by atoms with Gasteiger partial charge in [0.1, 0.15) is 11.9 Å². The van der Waals surface area contributed by atoms with Gasteiger partial charge in [0.15, 0.2) is 6.10 Å². The monoisotopic (exact) mass is 267 g/mol. The van der Waals surface area contributed by atoms with Crippen molar-refractivity contribution >= 4 is 17.6 Å². The predicted molar refractivity (Wildman–Crippen MR) is 65.3 cm³/mol. The smallest absolute Gasteiger partial charge is 0.332 e. The molecule has 2 unspecified atom stereocenters. The van der Waals surface area contributed by atoms with E-state index in [0.29, 0.717) is 24.1 Å². The highest BCUT2D eigenvalue weighted by molar-refractivity contribution is 5.94. The van der Waals surface area contributed by atoms with Crippen molar-refractivity contribution in [2.24, 2.45) is 0 Å². The minimum absolute atomic E-state index is 0.301. The van der Waals surface area contributed by atoms with E-state index in [2.05, 4.69) is 5.32 Å². The van der Waals surface area contributed by atoms with Gasteiger partial charge in [-0.3, -0.25) is 4.79 Å². The Morgan fingerprint density at radius 1 is 1.32 bits per heavy atom. The molecule has 2 N–H and O–H groups in total. The highest BCUT2D eigenvalue weighted by atomic mass is 19.1. The number of carbonyl (C=O) groups excluding carboxylic acids is 1. The molecule has 19 heavy (non-hydrogen) atoms. The minimum atomic E-state index is -1.07. The topological polar surface area (TPSA) is 75.6 Å². The summed E-state index contributed by atoms with van der Waals surface area (Å²) in [7, 11) is 0. The van der Waals surface area contributed by atoms with E-state index in [1.165, 1.54) is 12.1 Å². The average Bonchev–Trinajstić information content (AvgIpc) is 2.76. The van der Waals surface area contributed by atoms with Gasteiger partial charge in [-0.15, -0.1) is 0 Å². The quantitative estimate of drug-likeness (QED) is 0.874. The summed E-state index contributed by atoms with van der Waals surface area (Å²) in [6, 6.07) is 4.18. The molecule has 0 saturated carbocycles. The molecule has 102 valence electrons. The first-order valence-electron chi connectivity index (χ1n) is 5.92. The molecule has 2 atom stereocenters. The fourth-order valence-electron chi connectivity index (χ4n) is 2.04. The van der Waals surface area contributed by atoms with Gasteiger partial charge in [0, 0.05) is 5.69 Å². The Labute approximate surface area is 109 Å². The van der Waals surface area contributed by atoms with Crippen molar-refractivity contribution in [3.05, 3.63) is 29.6 Å². The van der Waals surface area contributed by atoms with Crippen LogP contribution in [0.1, 0.15) is 18.4 Å². The van der Waals surface area contributed by atoms with Crippen LogP contribution < -0.4 is 5.32 Å². The SMILES string of the molecule is Cc1cc(F)cc(NC(=O)C2CCC(C(=O)O)O2)c1. The van der Waals surface area contributed by atoms with Gasteiger partial charge in [-0.2, -0.15) is 0 Å². The largest absolute Gasteiger partial charge is 0.479 e. The van der Waals surface area contributed by atoms with Crippen LogP contribution >= 0.6 is 0 Å². The summed E-state index contributed by atoms with van der Waals surface area (Å²) in [6.07, 6.45) is -1.10. The Morgan fingerprint density at radius 3 is 2.58 bits per heavy atom. The average molecular weight is 267 g/mol. The predicted octanol–water partition coefficient (Wildman–Crippen LogP) is 1.70. The summed E-state index contributed by atoms with van der Waals surface area (Å²) in [5.41, 5.74) is 1.02. The number of aliphatic carboxylic acids is 1. The summed E-state index contributed by atoms with van der Waals surface area (Å²) in [6.45, 7) is 1.71. The molecule has 1 aliphatic rings. The number of carboxylic acids is 1. The highest BCUT2D eigenvalue weighted by Crippen LogP contribution is 2.22. The number of amides is 1. The molecule has 1 amide bonds. The van der Waals surface area contributed by atoms with Gasteiger partial charge in [0.25, 0.3) is 5.91 Å². The fraction of sp³-hybridized carbons (Fsp3) is 0.385. The highest BCUT2D eigenvalue weighted by Gasteiger charge is 2.34. The molecule has 0 spiro atoms. The zero-order chi connectivity index (χ0) is 14.0. The Kier molecular flexibility index (Phi) is 3.80. The van der Waals surface area contributed by atoms with E-state index in [4.69, 9.17) is 9.84 Å². The normalized spacial score (nSPS) is 22.2. The van der Waals surface area contributed by atoms with Crippen molar-refractivity contribution in [2.45, 2.75) is 32.0 Å². The molecule has 2 rings (SSSR count). The number of hydrogen-bond acceptors (Lipinski definition) is 3. The van der Waals surface area contributed by atoms with E-state index in [-0.39, 0.29) is 0 Å². The molecule has 1 aromatic rings. The summed E-state index contributed by atoms with van der Waals surface area (Å²) in [4.78, 5) is 22.6. The molecular weight excluding hydrogens is 253 g/mol. The molecular formula is C13H14FNO4. The number of hydrogen-bond donors (Lipinski definition) is 2. The lowest BCUT2D eigenvalue weighted by atomic mass is 10.1. The number of rotatable bonds is 3. The van der Waals surface area contributed by atoms with Crippen LogP contribution in [0.4, 0.5) is 10.1 Å². The Bertz CT molecular complexity index is 497. The van der Waals surface area contributed by atoms with E-state index in [9.17, 15) is 14.0 Å². The maximum Gasteiger partial charge on any atom is 0.332 e. The summed E-state index contributed by atoms with van der Waals surface area (Å²) < 4.78 is 18.3. The fourth-order valence-corrected chi connectivity index (χ4v) is 2.04. The first-order chi connectivity index (χ1) is 8.95. The minimum Gasteiger partial charge on any atom is -0.479 e. The van der Waals surface area contributed by atoms with E-state index in [0.717, 1.165) is 0 Å². The third-order valence-electron chi connectivity index (χ3n) is 2.90. The van der Waals surface area contributed by atoms with Crippen LogP contribution in [-0.2, 0) is 14.3 Å². The zero-order valence-electron chi connectivity index (χ0n) is 10.4. The Morgan fingerprint density at radius 2 is 2.00 bits per heavy atom. The lowest BCUT2D eigenvalue weighted by Crippen LogP contribution is -2.30.